The smallest absolute Gasteiger partial charge is 0.255 e. The number of benzene rings is 1. The highest BCUT2D eigenvalue weighted by molar-refractivity contribution is 5.97. The summed E-state index contributed by atoms with van der Waals surface area (Å²) in [6.07, 6.45) is 0.540. The maximum absolute atomic E-state index is 11.9. The number of fused-ring (bicyclic) bond motifs is 1. The molecule has 0 saturated heterocycles. The molecule has 1 aliphatic heterocycles. The van der Waals surface area contributed by atoms with Crippen LogP contribution in [-0.2, 0) is 0 Å². The lowest BCUT2D eigenvalue weighted by Gasteiger charge is -2.20. The van der Waals surface area contributed by atoms with Gasteiger partial charge in [-0.25, -0.2) is 0 Å². The largest absolute Gasteiger partial charge is 0.486 e. The van der Waals surface area contributed by atoms with Gasteiger partial charge in [-0.1, -0.05) is 6.07 Å². The lowest BCUT2D eigenvalue weighted by atomic mass is 10.1. The minimum absolute atomic E-state index is 0.0623. The lowest BCUT2D eigenvalue weighted by Crippen LogP contribution is -2.27. The van der Waals surface area contributed by atoms with E-state index in [0.29, 0.717) is 43.2 Å². The number of aliphatic hydroxyl groups excluding tert-OH is 1. The lowest BCUT2D eigenvalue weighted by molar-refractivity contribution is 0.0940. The van der Waals surface area contributed by atoms with Gasteiger partial charge in [0.25, 0.3) is 5.91 Å². The molecule has 92 valence electrons. The van der Waals surface area contributed by atoms with Gasteiger partial charge >= 0.3 is 0 Å². The van der Waals surface area contributed by atoms with Crippen molar-refractivity contribution in [3.63, 3.8) is 0 Å². The zero-order valence-electron chi connectivity index (χ0n) is 9.44. The molecule has 0 spiro atoms. The predicted octanol–water partition coefficient (Wildman–Crippen LogP) is 0.570. The third kappa shape index (κ3) is 2.68. The van der Waals surface area contributed by atoms with Crippen molar-refractivity contribution < 1.29 is 19.4 Å². The topological polar surface area (TPSA) is 67.8 Å². The average molecular weight is 237 g/mol. The molecule has 0 aliphatic carbocycles. The van der Waals surface area contributed by atoms with Gasteiger partial charge in [-0.3, -0.25) is 4.79 Å². The summed E-state index contributed by atoms with van der Waals surface area (Å²) in [5.41, 5.74) is 0.472. The molecule has 1 aromatic carbocycles. The first-order chi connectivity index (χ1) is 8.33. The molecule has 0 unspecified atom stereocenters. The molecule has 1 heterocycles. The van der Waals surface area contributed by atoms with E-state index in [1.54, 1.807) is 18.2 Å². The van der Waals surface area contributed by atoms with Crippen LogP contribution < -0.4 is 14.8 Å². The number of aliphatic hydroxyl groups is 1. The summed E-state index contributed by atoms with van der Waals surface area (Å²) in [6, 6.07) is 5.23. The number of ether oxygens (including phenoxy) is 2. The molecule has 0 bridgehead atoms. The first kappa shape index (κ1) is 11.7. The van der Waals surface area contributed by atoms with Crippen molar-refractivity contribution in [2.75, 3.05) is 26.4 Å². The Bertz CT molecular complexity index is 405. The maximum atomic E-state index is 11.9. The van der Waals surface area contributed by atoms with Crippen LogP contribution in [0.4, 0.5) is 0 Å². The van der Waals surface area contributed by atoms with Gasteiger partial charge in [0.2, 0.25) is 0 Å². The van der Waals surface area contributed by atoms with Crippen LogP contribution in [0.3, 0.4) is 0 Å². The molecule has 5 nitrogen and oxygen atoms in total. The molecular formula is C12H15NO4. The van der Waals surface area contributed by atoms with E-state index in [1.165, 1.54) is 0 Å². The number of hydrogen-bond acceptors (Lipinski definition) is 4. The Morgan fingerprint density at radius 3 is 3.00 bits per heavy atom. The monoisotopic (exact) mass is 237 g/mol. The second-order valence-electron chi connectivity index (χ2n) is 3.66. The first-order valence-corrected chi connectivity index (χ1v) is 5.60. The number of carbonyl (C=O) groups is 1. The highest BCUT2D eigenvalue weighted by Crippen LogP contribution is 2.33. The Morgan fingerprint density at radius 2 is 2.18 bits per heavy atom. The molecule has 1 aromatic rings. The van der Waals surface area contributed by atoms with E-state index < -0.39 is 0 Å². The van der Waals surface area contributed by atoms with Crippen LogP contribution in [0.2, 0.25) is 0 Å². The third-order valence-electron chi connectivity index (χ3n) is 2.43. The number of carbonyl (C=O) groups excluding carboxylic acids is 1. The van der Waals surface area contributed by atoms with Crippen molar-refractivity contribution in [3.8, 4) is 11.5 Å². The van der Waals surface area contributed by atoms with E-state index in [0.717, 1.165) is 0 Å². The number of amides is 1. The van der Waals surface area contributed by atoms with Crippen molar-refractivity contribution in [1.82, 2.24) is 5.32 Å². The second kappa shape index (κ2) is 5.54. The van der Waals surface area contributed by atoms with Gasteiger partial charge < -0.3 is 19.9 Å². The zero-order chi connectivity index (χ0) is 12.1. The van der Waals surface area contributed by atoms with Crippen LogP contribution in [0.1, 0.15) is 16.8 Å². The highest BCUT2D eigenvalue weighted by Gasteiger charge is 2.19. The first-order valence-electron chi connectivity index (χ1n) is 5.60. The molecule has 0 radical (unpaired) electrons. The molecule has 0 saturated carbocycles. The zero-order valence-corrected chi connectivity index (χ0v) is 9.44. The van der Waals surface area contributed by atoms with Gasteiger partial charge in [0, 0.05) is 13.2 Å². The van der Waals surface area contributed by atoms with Crippen molar-refractivity contribution in [2.45, 2.75) is 6.42 Å². The maximum Gasteiger partial charge on any atom is 0.255 e. The van der Waals surface area contributed by atoms with E-state index in [9.17, 15) is 4.79 Å². The summed E-state index contributed by atoms with van der Waals surface area (Å²) in [4.78, 5) is 11.9. The Labute approximate surface area is 99.3 Å². The van der Waals surface area contributed by atoms with Crippen LogP contribution >= 0.6 is 0 Å². The number of rotatable bonds is 4. The molecule has 0 atom stereocenters. The molecule has 0 aromatic heterocycles. The Balaban J connectivity index is 2.12. The average Bonchev–Trinajstić information content (AvgIpc) is 2.38. The molecule has 0 fully saturated rings. The summed E-state index contributed by atoms with van der Waals surface area (Å²) in [6.45, 7) is 1.46. The molecule has 1 aliphatic rings. The fourth-order valence-electron chi connectivity index (χ4n) is 1.63. The van der Waals surface area contributed by atoms with Crippen LogP contribution in [-0.4, -0.2) is 37.4 Å². The summed E-state index contributed by atoms with van der Waals surface area (Å²) >= 11 is 0. The van der Waals surface area contributed by atoms with Crippen molar-refractivity contribution in [2.24, 2.45) is 0 Å². The molecule has 17 heavy (non-hydrogen) atoms. The Kier molecular flexibility index (Phi) is 3.82. The van der Waals surface area contributed by atoms with E-state index in [-0.39, 0.29) is 12.5 Å². The van der Waals surface area contributed by atoms with Gasteiger partial charge in [0.05, 0.1) is 5.56 Å². The minimum Gasteiger partial charge on any atom is -0.486 e. The predicted molar refractivity (Wildman–Crippen MR) is 61.5 cm³/mol. The number of hydrogen-bond donors (Lipinski definition) is 2. The quantitative estimate of drug-likeness (QED) is 0.751. The summed E-state index contributed by atoms with van der Waals surface area (Å²) in [5, 5.41) is 11.4. The Hall–Kier alpha value is -1.75. The SMILES string of the molecule is O=C(NCCCO)c1cccc2c1OCCO2. The van der Waals surface area contributed by atoms with Crippen molar-refractivity contribution >= 4 is 5.91 Å². The van der Waals surface area contributed by atoms with Crippen LogP contribution in [0.5, 0.6) is 11.5 Å². The van der Waals surface area contributed by atoms with E-state index in [4.69, 9.17) is 14.6 Å². The summed E-state index contributed by atoms with van der Waals surface area (Å²) in [7, 11) is 0. The van der Waals surface area contributed by atoms with Crippen molar-refractivity contribution in [1.29, 1.82) is 0 Å². The van der Waals surface area contributed by atoms with Crippen LogP contribution in [0.15, 0.2) is 18.2 Å². The van der Waals surface area contributed by atoms with Crippen LogP contribution in [0, 0.1) is 0 Å². The molecule has 1 amide bonds. The number of nitrogens with one attached hydrogen (secondary N) is 1. The Morgan fingerprint density at radius 1 is 1.35 bits per heavy atom. The van der Waals surface area contributed by atoms with Gasteiger partial charge in [0.1, 0.15) is 13.2 Å². The van der Waals surface area contributed by atoms with Gasteiger partial charge in [-0.05, 0) is 18.6 Å². The summed E-state index contributed by atoms with van der Waals surface area (Å²) in [5.74, 6) is 0.895. The standard InChI is InChI=1S/C12H15NO4/c14-6-2-5-13-12(15)9-3-1-4-10-11(9)17-8-7-16-10/h1,3-4,14H,2,5-8H2,(H,13,15). The van der Waals surface area contributed by atoms with Gasteiger partial charge in [-0.2, -0.15) is 0 Å². The normalized spacial score (nSPS) is 13.2. The van der Waals surface area contributed by atoms with E-state index >= 15 is 0 Å². The third-order valence-corrected chi connectivity index (χ3v) is 2.43. The van der Waals surface area contributed by atoms with E-state index in [2.05, 4.69) is 5.32 Å². The van der Waals surface area contributed by atoms with Crippen LogP contribution in [0.25, 0.3) is 0 Å². The minimum atomic E-state index is -0.208. The summed E-state index contributed by atoms with van der Waals surface area (Å²) < 4.78 is 10.8. The molecular weight excluding hydrogens is 222 g/mol. The fourth-order valence-corrected chi connectivity index (χ4v) is 1.63. The van der Waals surface area contributed by atoms with Gasteiger partial charge in [-0.15, -0.1) is 0 Å². The molecule has 2 rings (SSSR count). The van der Waals surface area contributed by atoms with E-state index in [1.807, 2.05) is 0 Å². The molecule has 2 N–H and O–H groups in total. The van der Waals surface area contributed by atoms with Crippen molar-refractivity contribution in [3.05, 3.63) is 23.8 Å². The number of para-hydroxylation sites is 1. The fraction of sp³-hybridized carbons (Fsp3) is 0.417. The second-order valence-corrected chi connectivity index (χ2v) is 3.66. The highest BCUT2D eigenvalue weighted by atomic mass is 16.6. The van der Waals surface area contributed by atoms with Gasteiger partial charge in [0.15, 0.2) is 11.5 Å². The molecule has 5 heteroatoms.